The summed E-state index contributed by atoms with van der Waals surface area (Å²) in [5, 5.41) is 9.34. The van der Waals surface area contributed by atoms with Crippen LogP contribution in [0.1, 0.15) is 24.8 Å². The lowest BCUT2D eigenvalue weighted by Crippen LogP contribution is -2.10. The number of esters is 1. The van der Waals surface area contributed by atoms with E-state index < -0.39 is 0 Å². The average molecular weight is 238 g/mol. The van der Waals surface area contributed by atoms with E-state index in [0.717, 1.165) is 16.2 Å². The van der Waals surface area contributed by atoms with Crippen LogP contribution >= 0.6 is 11.8 Å². The number of phenols is 1. The van der Waals surface area contributed by atoms with Crippen molar-refractivity contribution in [1.82, 2.24) is 0 Å². The summed E-state index contributed by atoms with van der Waals surface area (Å²) in [6, 6.07) is 5.32. The summed E-state index contributed by atoms with van der Waals surface area (Å²) in [7, 11) is 0. The molecule has 0 radical (unpaired) electrons. The largest absolute Gasteiger partial charge is 0.508 e. The number of phenolic OH excluding ortho intramolecular Hbond substituents is 1. The molecular formula is C12H14O3S. The molecule has 0 saturated heterocycles. The third kappa shape index (κ3) is 2.32. The van der Waals surface area contributed by atoms with Gasteiger partial charge in [0, 0.05) is 16.6 Å². The average Bonchev–Trinajstić information content (AvgIpc) is 2.61. The Kier molecular flexibility index (Phi) is 3.39. The molecule has 0 aliphatic carbocycles. The molecule has 1 N–H and O–H groups in total. The van der Waals surface area contributed by atoms with Gasteiger partial charge in [0.05, 0.1) is 13.0 Å². The number of fused-ring (bicyclic) bond motifs is 1. The number of aromatic hydroxyl groups is 1. The van der Waals surface area contributed by atoms with Crippen molar-refractivity contribution in [1.29, 1.82) is 0 Å². The number of benzene rings is 1. The van der Waals surface area contributed by atoms with Crippen LogP contribution in [0.4, 0.5) is 0 Å². The van der Waals surface area contributed by atoms with Gasteiger partial charge in [-0.25, -0.2) is 0 Å². The molecule has 0 bridgehead atoms. The second-order valence-corrected chi connectivity index (χ2v) is 4.80. The normalized spacial score (nSPS) is 18.2. The number of hydrogen-bond acceptors (Lipinski definition) is 4. The molecule has 1 aromatic rings. The summed E-state index contributed by atoms with van der Waals surface area (Å²) in [6.45, 7) is 2.24. The Bertz CT molecular complexity index is 403. The molecule has 1 atom stereocenters. The highest BCUT2D eigenvalue weighted by Crippen LogP contribution is 2.42. The molecule has 0 unspecified atom stereocenters. The van der Waals surface area contributed by atoms with Crippen molar-refractivity contribution in [3.63, 3.8) is 0 Å². The Morgan fingerprint density at radius 1 is 1.62 bits per heavy atom. The third-order valence-corrected chi connectivity index (χ3v) is 3.83. The summed E-state index contributed by atoms with van der Waals surface area (Å²) >= 11 is 1.68. The molecular weight excluding hydrogens is 224 g/mol. The Morgan fingerprint density at radius 3 is 3.19 bits per heavy atom. The topological polar surface area (TPSA) is 46.5 Å². The highest BCUT2D eigenvalue weighted by Gasteiger charge is 2.26. The number of hydrogen-bond donors (Lipinski definition) is 1. The molecule has 0 aromatic heterocycles. The van der Waals surface area contributed by atoms with Gasteiger partial charge in [-0.3, -0.25) is 4.79 Å². The zero-order chi connectivity index (χ0) is 11.5. The highest BCUT2D eigenvalue weighted by atomic mass is 32.2. The summed E-state index contributed by atoms with van der Waals surface area (Å²) in [6.07, 6.45) is 0.429. The summed E-state index contributed by atoms with van der Waals surface area (Å²) in [5.74, 6) is 1.24. The van der Waals surface area contributed by atoms with Crippen LogP contribution in [0, 0.1) is 0 Å². The van der Waals surface area contributed by atoms with Crippen LogP contribution in [0.15, 0.2) is 23.1 Å². The molecule has 86 valence electrons. The van der Waals surface area contributed by atoms with Crippen LogP contribution in [0.25, 0.3) is 0 Å². The molecule has 1 aliphatic rings. The minimum absolute atomic E-state index is 0.144. The fraction of sp³-hybridized carbons (Fsp3) is 0.417. The number of rotatable bonds is 3. The van der Waals surface area contributed by atoms with Crippen molar-refractivity contribution in [3.05, 3.63) is 23.8 Å². The Hall–Kier alpha value is -1.16. The van der Waals surface area contributed by atoms with Crippen molar-refractivity contribution in [2.24, 2.45) is 0 Å². The lowest BCUT2D eigenvalue weighted by Gasteiger charge is -2.09. The molecule has 16 heavy (non-hydrogen) atoms. The van der Waals surface area contributed by atoms with Crippen molar-refractivity contribution in [2.75, 3.05) is 12.4 Å². The highest BCUT2D eigenvalue weighted by molar-refractivity contribution is 7.99. The minimum Gasteiger partial charge on any atom is -0.508 e. The molecule has 1 aliphatic heterocycles. The van der Waals surface area contributed by atoms with Crippen LogP contribution in [0.3, 0.4) is 0 Å². The lowest BCUT2D eigenvalue weighted by atomic mass is 9.98. The van der Waals surface area contributed by atoms with Gasteiger partial charge in [0.25, 0.3) is 0 Å². The van der Waals surface area contributed by atoms with Crippen LogP contribution in [-0.2, 0) is 9.53 Å². The molecule has 0 spiro atoms. The van der Waals surface area contributed by atoms with Crippen molar-refractivity contribution in [3.8, 4) is 5.75 Å². The molecule has 1 aromatic carbocycles. The number of ether oxygens (including phenoxy) is 1. The van der Waals surface area contributed by atoms with E-state index in [0.29, 0.717) is 13.0 Å². The zero-order valence-corrected chi connectivity index (χ0v) is 9.92. The monoisotopic (exact) mass is 238 g/mol. The van der Waals surface area contributed by atoms with Gasteiger partial charge < -0.3 is 9.84 Å². The first kappa shape index (κ1) is 11.3. The van der Waals surface area contributed by atoms with E-state index in [1.165, 1.54) is 0 Å². The van der Waals surface area contributed by atoms with Gasteiger partial charge in [0.15, 0.2) is 0 Å². The van der Waals surface area contributed by atoms with Gasteiger partial charge in [-0.1, -0.05) is 6.07 Å². The van der Waals surface area contributed by atoms with E-state index >= 15 is 0 Å². The first-order valence-electron chi connectivity index (χ1n) is 5.32. The van der Waals surface area contributed by atoms with Crippen molar-refractivity contribution < 1.29 is 14.6 Å². The Labute approximate surface area is 98.8 Å². The first-order valence-corrected chi connectivity index (χ1v) is 6.30. The summed E-state index contributed by atoms with van der Waals surface area (Å²) in [5.41, 5.74) is 1.15. The summed E-state index contributed by atoms with van der Waals surface area (Å²) < 4.78 is 4.94. The van der Waals surface area contributed by atoms with Gasteiger partial charge in [0.2, 0.25) is 0 Å². The molecule has 1 heterocycles. The van der Waals surface area contributed by atoms with Gasteiger partial charge in [0.1, 0.15) is 5.75 Å². The first-order chi connectivity index (χ1) is 7.70. The van der Waals surface area contributed by atoms with E-state index in [9.17, 15) is 9.90 Å². The fourth-order valence-electron chi connectivity index (χ4n) is 1.86. The number of carbonyl (C=O) groups is 1. The van der Waals surface area contributed by atoms with E-state index in [2.05, 4.69) is 0 Å². The van der Waals surface area contributed by atoms with E-state index in [4.69, 9.17) is 4.74 Å². The number of thioether (sulfide) groups is 1. The SMILES string of the molecule is CCOC(=O)C[C@H]1CSc2cc(O)ccc21. The minimum atomic E-state index is -0.144. The molecule has 4 heteroatoms. The zero-order valence-electron chi connectivity index (χ0n) is 9.10. The molecule has 3 nitrogen and oxygen atoms in total. The van der Waals surface area contributed by atoms with Crippen LogP contribution in [0.5, 0.6) is 5.75 Å². The fourth-order valence-corrected chi connectivity index (χ4v) is 3.14. The predicted octanol–water partition coefficient (Wildman–Crippen LogP) is 2.53. The van der Waals surface area contributed by atoms with Gasteiger partial charge in [-0.2, -0.15) is 0 Å². The smallest absolute Gasteiger partial charge is 0.306 e. The second kappa shape index (κ2) is 4.78. The van der Waals surface area contributed by atoms with Crippen LogP contribution in [-0.4, -0.2) is 23.4 Å². The summed E-state index contributed by atoms with van der Waals surface area (Å²) in [4.78, 5) is 12.5. The van der Waals surface area contributed by atoms with Crippen LogP contribution < -0.4 is 0 Å². The quantitative estimate of drug-likeness (QED) is 0.822. The third-order valence-electron chi connectivity index (χ3n) is 2.60. The number of carbonyl (C=O) groups excluding carboxylic acids is 1. The van der Waals surface area contributed by atoms with Crippen molar-refractivity contribution in [2.45, 2.75) is 24.2 Å². The maximum absolute atomic E-state index is 11.4. The van der Waals surface area contributed by atoms with E-state index in [-0.39, 0.29) is 17.6 Å². The van der Waals surface area contributed by atoms with Gasteiger partial charge >= 0.3 is 5.97 Å². The van der Waals surface area contributed by atoms with Gasteiger partial charge in [-0.05, 0) is 24.6 Å². The van der Waals surface area contributed by atoms with Gasteiger partial charge in [-0.15, -0.1) is 11.8 Å². The molecule has 0 fully saturated rings. The lowest BCUT2D eigenvalue weighted by molar-refractivity contribution is -0.143. The maximum atomic E-state index is 11.4. The second-order valence-electron chi connectivity index (χ2n) is 3.74. The van der Waals surface area contributed by atoms with Crippen LogP contribution in [0.2, 0.25) is 0 Å². The standard InChI is InChI=1S/C12H14O3S/c1-2-15-12(14)5-8-7-16-11-6-9(13)3-4-10(8)11/h3-4,6,8,13H,2,5,7H2,1H3/t8-/m0/s1. The maximum Gasteiger partial charge on any atom is 0.306 e. The predicted molar refractivity (Wildman–Crippen MR) is 62.8 cm³/mol. The Balaban J connectivity index is 2.09. The van der Waals surface area contributed by atoms with Crippen molar-refractivity contribution >= 4 is 17.7 Å². The van der Waals surface area contributed by atoms with E-state index in [1.807, 2.05) is 13.0 Å². The van der Waals surface area contributed by atoms with E-state index in [1.54, 1.807) is 23.9 Å². The molecule has 0 saturated carbocycles. The molecule has 0 amide bonds. The Morgan fingerprint density at radius 2 is 2.44 bits per heavy atom. The molecule has 2 rings (SSSR count).